The molecule has 2 atom stereocenters. The lowest BCUT2D eigenvalue weighted by Crippen LogP contribution is -2.39. The molecule has 0 saturated carbocycles. The standard InChI is InChI=1S/C30H52N2O.C10H9NO2.C7H14.CH4/c1-10-14-16-17-24(5)25(6)28-19-18-27(26(7)31-30(8,12-3)13-4)23-29(28)32(20-15-11-2)21-22-33-9;12-7-1-2-9-3-5-10(6-4-9)11-8-13;1-4-7(5-2)6-3;/h11,18-19,23-25,31H,2,7,10,12-17,20-22H2,1,3-6,8-9H3;1-8H,(H,11,13);4H,5-6H2,1-3H3;1H4/b;2-1+;;. The summed E-state index contributed by atoms with van der Waals surface area (Å²) in [7, 11) is 1.78. The first kappa shape index (κ1) is 52.2. The van der Waals surface area contributed by atoms with Crippen molar-refractivity contribution in [2.45, 2.75) is 139 Å². The van der Waals surface area contributed by atoms with Gasteiger partial charge in [-0.1, -0.05) is 136 Å². The van der Waals surface area contributed by atoms with Gasteiger partial charge in [-0.25, -0.2) is 0 Å². The maximum atomic E-state index is 10.1. The number of hydrogen-bond donors (Lipinski definition) is 2. The van der Waals surface area contributed by atoms with Crippen LogP contribution in [0.1, 0.15) is 150 Å². The van der Waals surface area contributed by atoms with Gasteiger partial charge < -0.3 is 20.3 Å². The Morgan fingerprint density at radius 3 is 2.09 bits per heavy atom. The molecule has 304 valence electrons. The smallest absolute Gasteiger partial charge is 0.211 e. The summed E-state index contributed by atoms with van der Waals surface area (Å²) in [6, 6.07) is 14.1. The number of carbonyl (C=O) groups excluding carboxylic acids is 2. The van der Waals surface area contributed by atoms with E-state index in [-0.39, 0.29) is 13.0 Å². The highest BCUT2D eigenvalue weighted by molar-refractivity contribution is 5.75. The zero-order valence-electron chi connectivity index (χ0n) is 35.2. The summed E-state index contributed by atoms with van der Waals surface area (Å²) in [4.78, 5) is 22.5. The molecule has 2 aromatic rings. The number of allylic oxidation sites excluding steroid dienone is 3. The van der Waals surface area contributed by atoms with Crippen LogP contribution in [-0.4, -0.2) is 45.0 Å². The average molecular weight is 746 g/mol. The summed E-state index contributed by atoms with van der Waals surface area (Å²) in [6.07, 6.45) is 19.4. The zero-order chi connectivity index (χ0) is 40.1. The van der Waals surface area contributed by atoms with E-state index in [1.54, 1.807) is 30.9 Å². The second-order valence-electron chi connectivity index (χ2n) is 14.0. The Kier molecular flexibility index (Phi) is 30.4. The largest absolute Gasteiger partial charge is 0.383 e. The minimum absolute atomic E-state index is 0. The van der Waals surface area contributed by atoms with Gasteiger partial charge in [0.05, 0.1) is 6.61 Å². The number of hydrogen-bond acceptors (Lipinski definition) is 5. The quantitative estimate of drug-likeness (QED) is 0.0484. The number of benzene rings is 2. The molecule has 0 saturated heterocycles. The van der Waals surface area contributed by atoms with Crippen molar-refractivity contribution in [1.29, 1.82) is 0 Å². The maximum Gasteiger partial charge on any atom is 0.211 e. The maximum absolute atomic E-state index is 10.1. The fourth-order valence-electron chi connectivity index (χ4n) is 5.89. The van der Waals surface area contributed by atoms with E-state index < -0.39 is 0 Å². The Morgan fingerprint density at radius 2 is 1.61 bits per heavy atom. The highest BCUT2D eigenvalue weighted by Crippen LogP contribution is 2.37. The molecule has 2 N–H and O–H groups in total. The van der Waals surface area contributed by atoms with Crippen molar-refractivity contribution in [3.8, 4) is 0 Å². The van der Waals surface area contributed by atoms with Crippen molar-refractivity contribution >= 4 is 35.8 Å². The number of ether oxygens (including phenoxy) is 1. The number of nitrogens with one attached hydrogen (secondary N) is 2. The number of methoxy groups -OCH3 is 1. The number of aldehydes is 1. The molecule has 6 nitrogen and oxygen atoms in total. The molecule has 6 heteroatoms. The fraction of sp³-hybridized carbons (Fsp3) is 0.542. The normalized spacial score (nSPS) is 11.7. The highest BCUT2D eigenvalue weighted by atomic mass is 16.5. The molecule has 1 amide bonds. The van der Waals surface area contributed by atoms with Crippen LogP contribution >= 0.6 is 0 Å². The summed E-state index contributed by atoms with van der Waals surface area (Å²) in [6.45, 7) is 31.2. The third-order valence-electron chi connectivity index (χ3n) is 10.3. The highest BCUT2D eigenvalue weighted by Gasteiger charge is 2.23. The van der Waals surface area contributed by atoms with E-state index in [0.29, 0.717) is 24.9 Å². The first-order chi connectivity index (χ1) is 25.5. The molecule has 2 aromatic carbocycles. The SMILES string of the molecule is C.C=CCCN(CCOC)c1cc(C(=C)NC(C)(CC)CC)ccc1C(C)C(C)CCCCC.CC=C(CC)CC.O=C/C=C/c1ccc(NC=O)cc1. The van der Waals surface area contributed by atoms with Crippen molar-refractivity contribution in [2.75, 3.05) is 37.0 Å². The van der Waals surface area contributed by atoms with E-state index in [0.717, 1.165) is 55.6 Å². The van der Waals surface area contributed by atoms with E-state index in [1.807, 2.05) is 18.2 Å². The van der Waals surface area contributed by atoms with Gasteiger partial charge in [-0.2, -0.15) is 0 Å². The van der Waals surface area contributed by atoms with Crippen molar-refractivity contribution < 1.29 is 14.3 Å². The first-order valence-electron chi connectivity index (χ1n) is 20.0. The number of anilines is 2. The second-order valence-corrected chi connectivity index (χ2v) is 14.0. The van der Waals surface area contributed by atoms with Gasteiger partial charge in [0.2, 0.25) is 6.41 Å². The molecule has 0 aromatic heterocycles. The van der Waals surface area contributed by atoms with Crippen LogP contribution in [0.2, 0.25) is 0 Å². The number of amides is 1. The molecule has 0 fully saturated rings. The topological polar surface area (TPSA) is 70.7 Å². The average Bonchev–Trinajstić information content (AvgIpc) is 3.18. The lowest BCUT2D eigenvalue weighted by molar-refractivity contribution is -0.105. The van der Waals surface area contributed by atoms with E-state index in [2.05, 4.69) is 115 Å². The van der Waals surface area contributed by atoms with Crippen molar-refractivity contribution in [3.63, 3.8) is 0 Å². The van der Waals surface area contributed by atoms with Gasteiger partial charge in [-0.3, -0.25) is 9.59 Å². The molecule has 0 aliphatic carbocycles. The number of nitrogens with zero attached hydrogens (tertiary/aromatic N) is 1. The van der Waals surface area contributed by atoms with Crippen molar-refractivity contribution in [1.82, 2.24) is 5.32 Å². The van der Waals surface area contributed by atoms with Gasteiger partial charge >= 0.3 is 0 Å². The van der Waals surface area contributed by atoms with E-state index in [4.69, 9.17) is 4.74 Å². The Labute approximate surface area is 332 Å². The van der Waals surface area contributed by atoms with Gasteiger partial charge in [0.15, 0.2) is 0 Å². The van der Waals surface area contributed by atoms with Crippen molar-refractivity contribution in [3.05, 3.63) is 96.1 Å². The van der Waals surface area contributed by atoms with E-state index in [1.165, 1.54) is 61.4 Å². The number of unbranched alkanes of at least 4 members (excludes halogenated alkanes) is 2. The molecule has 0 aliphatic heterocycles. The van der Waals surface area contributed by atoms with Gasteiger partial charge in [0, 0.05) is 42.8 Å². The molecular weight excluding hydrogens is 667 g/mol. The molecule has 0 heterocycles. The Bertz CT molecular complexity index is 1350. The van der Waals surface area contributed by atoms with Crippen LogP contribution in [0.5, 0.6) is 0 Å². The van der Waals surface area contributed by atoms with Crippen LogP contribution in [0, 0.1) is 5.92 Å². The minimum Gasteiger partial charge on any atom is -0.383 e. The van der Waals surface area contributed by atoms with Crippen LogP contribution in [0.3, 0.4) is 0 Å². The van der Waals surface area contributed by atoms with Crippen molar-refractivity contribution in [2.24, 2.45) is 5.92 Å². The van der Waals surface area contributed by atoms with Crippen LogP contribution in [0.4, 0.5) is 11.4 Å². The predicted molar refractivity (Wildman–Crippen MR) is 241 cm³/mol. The molecule has 0 spiro atoms. The zero-order valence-corrected chi connectivity index (χ0v) is 35.2. The Hall–Kier alpha value is -3.90. The van der Waals surface area contributed by atoms with Gasteiger partial charge in [-0.05, 0) is 98.8 Å². The van der Waals surface area contributed by atoms with Crippen LogP contribution in [-0.2, 0) is 14.3 Å². The summed E-state index contributed by atoms with van der Waals surface area (Å²) >= 11 is 0. The molecule has 0 aliphatic rings. The fourth-order valence-corrected chi connectivity index (χ4v) is 5.89. The lowest BCUT2D eigenvalue weighted by atomic mass is 9.83. The van der Waals surface area contributed by atoms with Gasteiger partial charge in [0.25, 0.3) is 0 Å². The second kappa shape index (κ2) is 31.5. The summed E-state index contributed by atoms with van der Waals surface area (Å²) < 4.78 is 5.46. The van der Waals surface area contributed by atoms with Crippen LogP contribution in [0.25, 0.3) is 11.8 Å². The molecule has 2 unspecified atom stereocenters. The predicted octanol–water partition coefficient (Wildman–Crippen LogP) is 13.0. The van der Waals surface area contributed by atoms with E-state index in [9.17, 15) is 9.59 Å². The third-order valence-corrected chi connectivity index (χ3v) is 10.3. The molecule has 0 radical (unpaired) electrons. The molecular formula is C48H79N3O3. The molecule has 54 heavy (non-hydrogen) atoms. The Morgan fingerprint density at radius 1 is 0.963 bits per heavy atom. The lowest BCUT2D eigenvalue weighted by Gasteiger charge is -2.33. The summed E-state index contributed by atoms with van der Waals surface area (Å²) in [5, 5.41) is 6.23. The minimum atomic E-state index is 0. The molecule has 2 rings (SSSR count). The summed E-state index contributed by atoms with van der Waals surface area (Å²) in [5.41, 5.74) is 8.21. The van der Waals surface area contributed by atoms with Gasteiger partial charge in [-0.15, -0.1) is 6.58 Å². The molecule has 0 bridgehead atoms. The monoisotopic (exact) mass is 746 g/mol. The van der Waals surface area contributed by atoms with Crippen LogP contribution < -0.4 is 15.5 Å². The Balaban J connectivity index is 0. The number of rotatable bonds is 24. The number of carbonyl (C=O) groups is 2. The third kappa shape index (κ3) is 20.5. The van der Waals surface area contributed by atoms with Crippen LogP contribution in [0.15, 0.2) is 79.4 Å². The van der Waals surface area contributed by atoms with Gasteiger partial charge in [0.1, 0.15) is 6.29 Å². The summed E-state index contributed by atoms with van der Waals surface area (Å²) in [5.74, 6) is 1.15. The first-order valence-corrected chi connectivity index (χ1v) is 20.0. The van der Waals surface area contributed by atoms with E-state index >= 15 is 0 Å².